The molecule has 0 fully saturated rings. The lowest BCUT2D eigenvalue weighted by Gasteiger charge is -2.26. The van der Waals surface area contributed by atoms with E-state index < -0.39 is 6.04 Å². The fourth-order valence-electron chi connectivity index (χ4n) is 3.59. The van der Waals surface area contributed by atoms with Crippen molar-refractivity contribution in [2.24, 2.45) is 0 Å². The van der Waals surface area contributed by atoms with Crippen LogP contribution in [0.5, 0.6) is 11.5 Å². The molecule has 6 nitrogen and oxygen atoms in total. The molecule has 0 aromatic heterocycles. The average Bonchev–Trinajstić information content (AvgIpc) is 3.03. The maximum atomic E-state index is 13.0. The summed E-state index contributed by atoms with van der Waals surface area (Å²) in [5.41, 5.74) is 2.38. The third-order valence-electron chi connectivity index (χ3n) is 5.40. The van der Waals surface area contributed by atoms with Crippen LogP contribution >= 0.6 is 0 Å². The average molecular weight is 396 g/mol. The molecule has 0 bridgehead atoms. The highest BCUT2D eigenvalue weighted by Crippen LogP contribution is 2.34. The second kappa shape index (κ2) is 8.99. The fraction of sp³-hybridized carbons (Fsp3) is 0.391. The van der Waals surface area contributed by atoms with E-state index in [0.717, 1.165) is 17.5 Å². The molecule has 0 saturated heterocycles. The molecule has 1 heterocycles. The lowest BCUT2D eigenvalue weighted by molar-refractivity contribution is -0.126. The topological polar surface area (TPSA) is 67.9 Å². The Hall–Kier alpha value is -3.02. The Morgan fingerprint density at radius 3 is 2.55 bits per heavy atom. The van der Waals surface area contributed by atoms with Gasteiger partial charge in [-0.2, -0.15) is 0 Å². The number of ether oxygens (including phenoxy) is 2. The Morgan fingerprint density at radius 2 is 1.86 bits per heavy atom. The largest absolute Gasteiger partial charge is 0.493 e. The number of nitrogens with zero attached hydrogens (tertiary/aromatic N) is 1. The number of hydrogen-bond acceptors (Lipinski definition) is 4. The zero-order valence-electron chi connectivity index (χ0n) is 17.4. The van der Waals surface area contributed by atoms with Crippen LogP contribution in [0.1, 0.15) is 47.8 Å². The maximum Gasteiger partial charge on any atom is 0.255 e. The monoisotopic (exact) mass is 396 g/mol. The van der Waals surface area contributed by atoms with Crippen molar-refractivity contribution in [3.8, 4) is 11.5 Å². The third kappa shape index (κ3) is 4.21. The molecule has 2 aromatic carbocycles. The molecule has 0 spiro atoms. The highest BCUT2D eigenvalue weighted by Gasteiger charge is 2.40. The molecule has 0 saturated carbocycles. The number of rotatable bonds is 8. The van der Waals surface area contributed by atoms with Gasteiger partial charge in [0, 0.05) is 18.2 Å². The molecular formula is C23H28N2O4. The van der Waals surface area contributed by atoms with Crippen molar-refractivity contribution in [1.82, 2.24) is 10.2 Å². The minimum absolute atomic E-state index is 0.0538. The van der Waals surface area contributed by atoms with Crippen LogP contribution < -0.4 is 14.8 Å². The summed E-state index contributed by atoms with van der Waals surface area (Å²) < 4.78 is 10.6. The fourth-order valence-corrected chi connectivity index (χ4v) is 3.59. The number of amides is 2. The summed E-state index contributed by atoms with van der Waals surface area (Å²) >= 11 is 0. The number of fused-ring (bicyclic) bond motifs is 1. The Kier molecular flexibility index (Phi) is 6.42. The van der Waals surface area contributed by atoms with Gasteiger partial charge in [-0.05, 0) is 49.1 Å². The zero-order valence-corrected chi connectivity index (χ0v) is 17.4. The van der Waals surface area contributed by atoms with Crippen LogP contribution in [0.2, 0.25) is 0 Å². The van der Waals surface area contributed by atoms with Crippen molar-refractivity contribution < 1.29 is 19.1 Å². The second-order valence-corrected chi connectivity index (χ2v) is 7.25. The van der Waals surface area contributed by atoms with E-state index in [1.807, 2.05) is 50.2 Å². The maximum absolute atomic E-state index is 13.0. The van der Waals surface area contributed by atoms with E-state index in [1.54, 1.807) is 25.2 Å². The normalized spacial score (nSPS) is 16.3. The lowest BCUT2D eigenvalue weighted by Crippen LogP contribution is -2.43. The summed E-state index contributed by atoms with van der Waals surface area (Å²) in [6.45, 7) is 4.42. The van der Waals surface area contributed by atoms with Gasteiger partial charge in [-0.3, -0.25) is 9.59 Å². The Morgan fingerprint density at radius 1 is 1.14 bits per heavy atom. The van der Waals surface area contributed by atoms with Gasteiger partial charge in [0.05, 0.1) is 14.2 Å². The van der Waals surface area contributed by atoms with Crippen LogP contribution in [-0.2, 0) is 11.2 Å². The number of methoxy groups -OCH3 is 2. The van der Waals surface area contributed by atoms with Gasteiger partial charge in [-0.25, -0.2) is 0 Å². The third-order valence-corrected chi connectivity index (χ3v) is 5.40. The van der Waals surface area contributed by atoms with Gasteiger partial charge in [-0.15, -0.1) is 0 Å². The number of benzene rings is 2. The predicted octanol–water partition coefficient (Wildman–Crippen LogP) is 3.36. The Bertz CT molecular complexity index is 896. The van der Waals surface area contributed by atoms with E-state index in [-0.39, 0.29) is 17.9 Å². The van der Waals surface area contributed by atoms with E-state index in [9.17, 15) is 9.59 Å². The van der Waals surface area contributed by atoms with E-state index >= 15 is 0 Å². The first-order chi connectivity index (χ1) is 14.0. The molecule has 2 amide bonds. The molecule has 1 N–H and O–H groups in total. The van der Waals surface area contributed by atoms with Crippen LogP contribution in [0.25, 0.3) is 0 Å². The minimum atomic E-state index is -0.604. The van der Waals surface area contributed by atoms with Crippen molar-refractivity contribution in [2.45, 2.75) is 38.8 Å². The molecule has 6 heteroatoms. The number of carbonyl (C=O) groups excluding carboxylic acids is 2. The van der Waals surface area contributed by atoms with Crippen LogP contribution in [0, 0.1) is 0 Å². The van der Waals surface area contributed by atoms with E-state index in [4.69, 9.17) is 9.47 Å². The summed E-state index contributed by atoms with van der Waals surface area (Å²) in [6, 6.07) is 12.5. The molecule has 0 radical (unpaired) electrons. The molecule has 1 aliphatic heterocycles. The molecule has 2 atom stereocenters. The van der Waals surface area contributed by atoms with Gasteiger partial charge in [0.15, 0.2) is 11.5 Å². The van der Waals surface area contributed by atoms with Crippen molar-refractivity contribution in [3.05, 3.63) is 59.2 Å². The van der Waals surface area contributed by atoms with E-state index in [0.29, 0.717) is 30.0 Å². The van der Waals surface area contributed by atoms with Gasteiger partial charge in [0.2, 0.25) is 5.91 Å². The SMILES string of the molecule is CCC(C)NC(=O)C1c2ccccc2C(=O)N1CCc1ccc(OC)c(OC)c1. The smallest absolute Gasteiger partial charge is 0.255 e. The Balaban J connectivity index is 1.83. The summed E-state index contributed by atoms with van der Waals surface area (Å²) in [5.74, 6) is 1.06. The minimum Gasteiger partial charge on any atom is -0.493 e. The van der Waals surface area contributed by atoms with Crippen molar-refractivity contribution in [1.29, 1.82) is 0 Å². The molecule has 154 valence electrons. The number of carbonyl (C=O) groups is 2. The quantitative estimate of drug-likeness (QED) is 0.743. The van der Waals surface area contributed by atoms with Gasteiger partial charge in [0.25, 0.3) is 5.91 Å². The molecule has 29 heavy (non-hydrogen) atoms. The van der Waals surface area contributed by atoms with Gasteiger partial charge in [-0.1, -0.05) is 31.2 Å². The first kappa shape index (κ1) is 20.7. The standard InChI is InChI=1S/C23H28N2O4/c1-5-15(2)24-22(26)21-17-8-6-7-9-18(17)23(27)25(21)13-12-16-10-11-19(28-3)20(14-16)29-4/h6-11,14-15,21H,5,12-13H2,1-4H3,(H,24,26). The van der Waals surface area contributed by atoms with Gasteiger partial charge in [0.1, 0.15) is 6.04 Å². The number of nitrogens with one attached hydrogen (secondary N) is 1. The number of hydrogen-bond donors (Lipinski definition) is 1. The summed E-state index contributed by atoms with van der Waals surface area (Å²) in [5, 5.41) is 3.03. The van der Waals surface area contributed by atoms with Crippen molar-refractivity contribution >= 4 is 11.8 Å². The lowest BCUT2D eigenvalue weighted by atomic mass is 10.0. The summed E-state index contributed by atoms with van der Waals surface area (Å²) in [7, 11) is 3.19. The van der Waals surface area contributed by atoms with Crippen LogP contribution in [-0.4, -0.2) is 43.5 Å². The summed E-state index contributed by atoms with van der Waals surface area (Å²) in [6.07, 6.45) is 1.44. The van der Waals surface area contributed by atoms with Crippen LogP contribution in [0.4, 0.5) is 0 Å². The molecule has 0 aliphatic carbocycles. The van der Waals surface area contributed by atoms with Gasteiger partial charge < -0.3 is 19.7 Å². The molecule has 2 unspecified atom stereocenters. The highest BCUT2D eigenvalue weighted by molar-refractivity contribution is 6.04. The van der Waals surface area contributed by atoms with E-state index in [2.05, 4.69) is 5.32 Å². The Labute approximate surface area is 171 Å². The molecule has 3 rings (SSSR count). The zero-order chi connectivity index (χ0) is 21.0. The van der Waals surface area contributed by atoms with Crippen molar-refractivity contribution in [3.63, 3.8) is 0 Å². The van der Waals surface area contributed by atoms with Gasteiger partial charge >= 0.3 is 0 Å². The van der Waals surface area contributed by atoms with Crippen LogP contribution in [0.3, 0.4) is 0 Å². The molecular weight excluding hydrogens is 368 g/mol. The molecule has 2 aromatic rings. The van der Waals surface area contributed by atoms with Crippen molar-refractivity contribution in [2.75, 3.05) is 20.8 Å². The second-order valence-electron chi connectivity index (χ2n) is 7.25. The predicted molar refractivity (Wildman–Crippen MR) is 111 cm³/mol. The van der Waals surface area contributed by atoms with E-state index in [1.165, 1.54) is 0 Å². The summed E-state index contributed by atoms with van der Waals surface area (Å²) in [4.78, 5) is 27.7. The first-order valence-electron chi connectivity index (χ1n) is 9.91. The highest BCUT2D eigenvalue weighted by atomic mass is 16.5. The first-order valence-corrected chi connectivity index (χ1v) is 9.91. The molecule has 1 aliphatic rings. The van der Waals surface area contributed by atoms with Crippen LogP contribution in [0.15, 0.2) is 42.5 Å².